The van der Waals surface area contributed by atoms with Crippen LogP contribution in [0.2, 0.25) is 18.1 Å². The zero-order chi connectivity index (χ0) is 33.2. The van der Waals surface area contributed by atoms with Crippen LogP contribution in [0.15, 0.2) is 41.5 Å². The zero-order valence-corrected chi connectivity index (χ0v) is 29.0. The molecule has 1 heterocycles. The molecule has 2 N–H and O–H groups in total. The van der Waals surface area contributed by atoms with E-state index in [0.29, 0.717) is 12.0 Å². The average Bonchev–Trinajstić information content (AvgIpc) is 3.00. The van der Waals surface area contributed by atoms with E-state index in [1.165, 1.54) is 6.92 Å². The monoisotopic (exact) mass is 642 g/mol. The molecule has 0 aromatic heterocycles. The standard InChI is InChI=1S/C35H50O9Si/c1-9-45(10-2,11-3)44-24-19-25-34(20-41-25,43-22(5)36)28-30(42-31(39)23-15-13-12-14-16-23)35(40)18-17-21(4)26(32(35,6)7)27(37)29(38)33(24,28)8/h12-16,24-25,27-28,30,37,40H,9-11,17-20H2,1-8H3/t24-,25+,27+,28?,30-,33+,34-,35?/m0/s1. The molecule has 10 heteroatoms. The van der Waals surface area contributed by atoms with Gasteiger partial charge in [-0.15, -0.1) is 0 Å². The van der Waals surface area contributed by atoms with Crippen LogP contribution in [0, 0.1) is 16.7 Å². The third kappa shape index (κ3) is 4.89. The number of ketones is 1. The molecule has 45 heavy (non-hydrogen) atoms. The Morgan fingerprint density at radius 2 is 1.69 bits per heavy atom. The first-order chi connectivity index (χ1) is 21.1. The molecule has 1 aromatic rings. The fourth-order valence-corrected chi connectivity index (χ4v) is 12.1. The van der Waals surface area contributed by atoms with E-state index in [0.717, 1.165) is 23.7 Å². The summed E-state index contributed by atoms with van der Waals surface area (Å²) in [5, 5.41) is 25.1. The SMILES string of the molecule is CC[Si](CC)(CC)O[C@H]1C[C@H]2OC[C@@]2(OC(C)=O)C2[C@H](OC(=O)c3ccccc3)C3(O)CCC(C)=C([C@@H](O)C(=O)[C@@]21C)C3(C)C. The highest BCUT2D eigenvalue weighted by atomic mass is 28.4. The summed E-state index contributed by atoms with van der Waals surface area (Å²) in [6.07, 6.45) is -3.40. The predicted octanol–water partition coefficient (Wildman–Crippen LogP) is 5.14. The Hall–Kier alpha value is -2.37. The fourth-order valence-electron chi connectivity index (χ4n) is 9.14. The number of hydrogen-bond acceptors (Lipinski definition) is 9. The van der Waals surface area contributed by atoms with Crippen molar-refractivity contribution in [1.82, 2.24) is 0 Å². The molecule has 248 valence electrons. The van der Waals surface area contributed by atoms with Crippen LogP contribution in [0.1, 0.15) is 85.0 Å². The third-order valence-corrected chi connectivity index (χ3v) is 16.8. The van der Waals surface area contributed by atoms with Gasteiger partial charge in [-0.2, -0.15) is 0 Å². The Morgan fingerprint density at radius 3 is 2.22 bits per heavy atom. The number of aliphatic hydroxyl groups excluding tert-OH is 1. The quantitative estimate of drug-likeness (QED) is 0.225. The number of esters is 2. The molecule has 2 unspecified atom stereocenters. The average molecular weight is 643 g/mol. The van der Waals surface area contributed by atoms with Crippen LogP contribution in [-0.2, 0) is 28.2 Å². The molecule has 1 saturated heterocycles. The molecule has 5 rings (SSSR count). The van der Waals surface area contributed by atoms with Crippen LogP contribution < -0.4 is 0 Å². The molecular weight excluding hydrogens is 592 g/mol. The summed E-state index contributed by atoms with van der Waals surface area (Å²) in [6, 6.07) is 11.0. The van der Waals surface area contributed by atoms with Crippen molar-refractivity contribution in [2.45, 2.75) is 128 Å². The van der Waals surface area contributed by atoms with E-state index in [1.54, 1.807) is 51.1 Å². The third-order valence-electron chi connectivity index (χ3n) is 12.1. The number of carbonyl (C=O) groups is 3. The molecule has 1 aliphatic heterocycles. The van der Waals surface area contributed by atoms with E-state index in [1.807, 2.05) is 6.92 Å². The second kappa shape index (κ2) is 11.7. The number of fused-ring (bicyclic) bond motifs is 5. The van der Waals surface area contributed by atoms with Gasteiger partial charge in [0.15, 0.2) is 19.7 Å². The minimum Gasteiger partial charge on any atom is -0.455 e. The van der Waals surface area contributed by atoms with Gasteiger partial charge in [0.2, 0.25) is 0 Å². The lowest BCUT2D eigenvalue weighted by Crippen LogP contribution is -2.82. The Labute approximate surface area is 267 Å². The highest BCUT2D eigenvalue weighted by molar-refractivity contribution is 6.73. The van der Waals surface area contributed by atoms with Crippen molar-refractivity contribution in [3.8, 4) is 0 Å². The van der Waals surface area contributed by atoms with Crippen molar-refractivity contribution in [2.75, 3.05) is 6.61 Å². The molecule has 1 aromatic carbocycles. The van der Waals surface area contributed by atoms with Crippen LogP contribution in [0.3, 0.4) is 0 Å². The lowest BCUT2D eigenvalue weighted by molar-refractivity contribution is -0.343. The molecule has 0 amide bonds. The minimum absolute atomic E-state index is 0.0386. The van der Waals surface area contributed by atoms with Crippen LogP contribution in [0.4, 0.5) is 0 Å². The van der Waals surface area contributed by atoms with E-state index >= 15 is 4.79 Å². The maximum absolute atomic E-state index is 15.1. The Kier molecular flexibility index (Phi) is 8.83. The van der Waals surface area contributed by atoms with Crippen LogP contribution in [0.5, 0.6) is 0 Å². The number of rotatable bonds is 8. The van der Waals surface area contributed by atoms with Gasteiger partial charge in [-0.25, -0.2) is 4.79 Å². The number of benzene rings is 1. The largest absolute Gasteiger partial charge is 0.455 e. The number of carbonyl (C=O) groups excluding carboxylic acids is 3. The van der Waals surface area contributed by atoms with Gasteiger partial charge in [-0.1, -0.05) is 58.4 Å². The first-order valence-electron chi connectivity index (χ1n) is 16.5. The molecule has 0 spiro atoms. The summed E-state index contributed by atoms with van der Waals surface area (Å²) in [6.45, 7) is 14.8. The van der Waals surface area contributed by atoms with Crippen LogP contribution >= 0.6 is 0 Å². The van der Waals surface area contributed by atoms with Crippen molar-refractivity contribution in [3.63, 3.8) is 0 Å². The first-order valence-corrected chi connectivity index (χ1v) is 19.0. The summed E-state index contributed by atoms with van der Waals surface area (Å²) in [7, 11) is -2.37. The van der Waals surface area contributed by atoms with Crippen LogP contribution in [-0.4, -0.2) is 78.5 Å². The Morgan fingerprint density at radius 1 is 1.07 bits per heavy atom. The molecule has 9 nitrogen and oxygen atoms in total. The van der Waals surface area contributed by atoms with Gasteiger partial charge in [0.1, 0.15) is 23.9 Å². The van der Waals surface area contributed by atoms with Crippen molar-refractivity contribution in [2.24, 2.45) is 16.7 Å². The highest BCUT2D eigenvalue weighted by Gasteiger charge is 2.78. The van der Waals surface area contributed by atoms with Gasteiger partial charge < -0.3 is 28.8 Å². The van der Waals surface area contributed by atoms with Gasteiger partial charge in [-0.05, 0) is 62.5 Å². The second-order valence-corrected chi connectivity index (χ2v) is 19.1. The number of hydrogen-bond donors (Lipinski definition) is 2. The molecule has 4 aliphatic rings. The number of aliphatic hydroxyl groups is 2. The highest BCUT2D eigenvalue weighted by Crippen LogP contribution is 2.64. The maximum atomic E-state index is 15.1. The van der Waals surface area contributed by atoms with Gasteiger partial charge in [-0.3, -0.25) is 9.59 Å². The second-order valence-electron chi connectivity index (χ2n) is 14.4. The summed E-state index contributed by atoms with van der Waals surface area (Å²) in [5.41, 5.74) is -4.30. The lowest BCUT2D eigenvalue weighted by Gasteiger charge is -2.68. The predicted molar refractivity (Wildman–Crippen MR) is 170 cm³/mol. The normalized spacial score (nSPS) is 37.4. The van der Waals surface area contributed by atoms with Crippen molar-refractivity contribution >= 4 is 26.0 Å². The minimum atomic E-state index is -2.37. The Balaban J connectivity index is 1.82. The summed E-state index contributed by atoms with van der Waals surface area (Å²) >= 11 is 0. The number of allylic oxidation sites excluding steroid dienone is 1. The summed E-state index contributed by atoms with van der Waals surface area (Å²) in [4.78, 5) is 41.9. The zero-order valence-electron chi connectivity index (χ0n) is 28.0. The van der Waals surface area contributed by atoms with E-state index in [4.69, 9.17) is 18.6 Å². The van der Waals surface area contributed by atoms with Crippen molar-refractivity contribution < 1.29 is 43.2 Å². The molecule has 3 fully saturated rings. The molecule has 0 radical (unpaired) electrons. The summed E-state index contributed by atoms with van der Waals surface area (Å²) < 4.78 is 25.9. The smallest absolute Gasteiger partial charge is 0.338 e. The van der Waals surface area contributed by atoms with Gasteiger partial charge >= 0.3 is 11.9 Å². The summed E-state index contributed by atoms with van der Waals surface area (Å²) in [5.74, 6) is -2.79. The van der Waals surface area contributed by atoms with Crippen LogP contribution in [0.25, 0.3) is 0 Å². The topological polar surface area (TPSA) is 129 Å². The van der Waals surface area contributed by atoms with E-state index in [9.17, 15) is 19.8 Å². The molecule has 2 bridgehead atoms. The van der Waals surface area contributed by atoms with E-state index in [-0.39, 0.29) is 25.0 Å². The first kappa shape index (κ1) is 34.0. The van der Waals surface area contributed by atoms with Gasteiger partial charge in [0, 0.05) is 18.8 Å². The lowest BCUT2D eigenvalue weighted by atomic mass is 9.45. The number of ether oxygens (including phenoxy) is 3. The molecular formula is C35H50O9Si. The van der Waals surface area contributed by atoms with E-state index < -0.39 is 78.4 Å². The van der Waals surface area contributed by atoms with Gasteiger partial charge in [0.05, 0.1) is 29.6 Å². The van der Waals surface area contributed by atoms with Crippen molar-refractivity contribution in [1.29, 1.82) is 0 Å². The molecule has 8 atom stereocenters. The number of Topliss-reactive ketones (excluding diaryl/α,β-unsaturated/α-hetero) is 1. The fraction of sp³-hybridized carbons (Fsp3) is 0.686. The van der Waals surface area contributed by atoms with Gasteiger partial charge in [0.25, 0.3) is 0 Å². The Bertz CT molecular complexity index is 1360. The molecule has 2 saturated carbocycles. The van der Waals surface area contributed by atoms with Crippen molar-refractivity contribution in [3.05, 3.63) is 47.0 Å². The molecule has 3 aliphatic carbocycles. The maximum Gasteiger partial charge on any atom is 0.338 e. The van der Waals surface area contributed by atoms with E-state index in [2.05, 4.69) is 20.8 Å².